The molecule has 0 aliphatic carbocycles. The second kappa shape index (κ2) is 4.96. The Morgan fingerprint density at radius 3 is 2.50 bits per heavy atom. The van der Waals surface area contributed by atoms with Gasteiger partial charge >= 0.3 is 0 Å². The Hall–Kier alpha value is -0.310. The largest absolute Gasteiger partial charge is 0.324 e. The van der Waals surface area contributed by atoms with Crippen molar-refractivity contribution >= 4 is 23.2 Å². The summed E-state index contributed by atoms with van der Waals surface area (Å²) in [6.07, 6.45) is 0.892. The number of aromatic nitrogens is 1. The van der Waals surface area contributed by atoms with Crippen LogP contribution in [0.15, 0.2) is 12.1 Å². The summed E-state index contributed by atoms with van der Waals surface area (Å²) in [7, 11) is 0. The predicted octanol–water partition coefficient (Wildman–Crippen LogP) is 3.43. The van der Waals surface area contributed by atoms with Gasteiger partial charge in [-0.15, -0.1) is 0 Å². The van der Waals surface area contributed by atoms with Gasteiger partial charge in [0.05, 0.1) is 0 Å². The monoisotopic (exact) mass is 232 g/mol. The van der Waals surface area contributed by atoms with E-state index in [0.717, 1.165) is 12.0 Å². The first-order valence-corrected chi connectivity index (χ1v) is 5.33. The van der Waals surface area contributed by atoms with Crippen molar-refractivity contribution in [1.29, 1.82) is 0 Å². The highest BCUT2D eigenvalue weighted by molar-refractivity contribution is 6.32. The van der Waals surface area contributed by atoms with Crippen LogP contribution in [-0.4, -0.2) is 4.98 Å². The molecule has 1 aromatic heterocycles. The number of pyridine rings is 1. The van der Waals surface area contributed by atoms with Crippen LogP contribution in [0.5, 0.6) is 0 Å². The number of rotatable bonds is 3. The molecule has 78 valence electrons. The highest BCUT2D eigenvalue weighted by atomic mass is 35.5. The molecule has 0 radical (unpaired) electrons. The van der Waals surface area contributed by atoms with Gasteiger partial charge in [-0.2, -0.15) is 0 Å². The molecule has 1 atom stereocenters. The third kappa shape index (κ3) is 3.12. The summed E-state index contributed by atoms with van der Waals surface area (Å²) in [5.41, 5.74) is 6.84. The normalized spacial score (nSPS) is 13.3. The molecule has 2 N–H and O–H groups in total. The maximum absolute atomic E-state index is 5.98. The lowest BCUT2D eigenvalue weighted by Gasteiger charge is -2.15. The quantitative estimate of drug-likeness (QED) is 0.812. The van der Waals surface area contributed by atoms with Crippen LogP contribution in [0.3, 0.4) is 0 Å². The minimum absolute atomic E-state index is 0.0627. The van der Waals surface area contributed by atoms with Crippen LogP contribution in [-0.2, 0) is 0 Å². The molecule has 1 aromatic rings. The van der Waals surface area contributed by atoms with Crippen LogP contribution in [0, 0.1) is 5.92 Å². The lowest BCUT2D eigenvalue weighted by molar-refractivity contribution is 0.509. The minimum atomic E-state index is -0.0627. The van der Waals surface area contributed by atoms with E-state index in [2.05, 4.69) is 18.8 Å². The van der Waals surface area contributed by atoms with Gasteiger partial charge in [-0.3, -0.25) is 0 Å². The average molecular weight is 233 g/mol. The van der Waals surface area contributed by atoms with E-state index in [0.29, 0.717) is 16.2 Å². The zero-order chi connectivity index (χ0) is 10.7. The molecule has 0 spiro atoms. The Morgan fingerprint density at radius 1 is 1.36 bits per heavy atom. The van der Waals surface area contributed by atoms with Crippen molar-refractivity contribution in [2.24, 2.45) is 11.7 Å². The van der Waals surface area contributed by atoms with Crippen molar-refractivity contribution in [2.75, 3.05) is 0 Å². The number of hydrogen-bond donors (Lipinski definition) is 1. The first-order valence-electron chi connectivity index (χ1n) is 4.58. The van der Waals surface area contributed by atoms with Gasteiger partial charge in [0.15, 0.2) is 0 Å². The topological polar surface area (TPSA) is 38.9 Å². The van der Waals surface area contributed by atoms with Crippen LogP contribution >= 0.6 is 23.2 Å². The Kier molecular flexibility index (Phi) is 4.17. The SMILES string of the molecule is CC(C)C[C@@H](N)c1ccc(Cl)nc1Cl. The first kappa shape index (κ1) is 11.8. The van der Waals surface area contributed by atoms with Gasteiger partial charge in [-0.05, 0) is 18.4 Å². The molecular formula is C10H14Cl2N2. The van der Waals surface area contributed by atoms with Crippen molar-refractivity contribution in [3.63, 3.8) is 0 Å². The summed E-state index contributed by atoms with van der Waals surface area (Å²) < 4.78 is 0. The molecular weight excluding hydrogens is 219 g/mol. The van der Waals surface area contributed by atoms with Gasteiger partial charge in [0.25, 0.3) is 0 Å². The summed E-state index contributed by atoms with van der Waals surface area (Å²) in [5, 5.41) is 0.807. The van der Waals surface area contributed by atoms with Crippen LogP contribution in [0.25, 0.3) is 0 Å². The lowest BCUT2D eigenvalue weighted by Crippen LogP contribution is -2.13. The fraction of sp³-hybridized carbons (Fsp3) is 0.500. The van der Waals surface area contributed by atoms with Crippen molar-refractivity contribution < 1.29 is 0 Å². The summed E-state index contributed by atoms with van der Waals surface area (Å²) in [5.74, 6) is 0.539. The third-order valence-corrected chi connectivity index (χ3v) is 2.48. The van der Waals surface area contributed by atoms with Gasteiger partial charge in [0, 0.05) is 11.6 Å². The number of nitrogens with zero attached hydrogens (tertiary/aromatic N) is 1. The zero-order valence-electron chi connectivity index (χ0n) is 8.30. The second-order valence-corrected chi connectivity index (χ2v) is 4.50. The molecule has 2 nitrogen and oxygen atoms in total. The van der Waals surface area contributed by atoms with E-state index in [9.17, 15) is 0 Å². The van der Waals surface area contributed by atoms with Crippen molar-refractivity contribution in [3.8, 4) is 0 Å². The lowest BCUT2D eigenvalue weighted by atomic mass is 9.99. The number of nitrogens with two attached hydrogens (primary N) is 1. The third-order valence-electron chi connectivity index (χ3n) is 1.97. The van der Waals surface area contributed by atoms with E-state index in [4.69, 9.17) is 28.9 Å². The van der Waals surface area contributed by atoms with Gasteiger partial charge in [0.2, 0.25) is 0 Å². The van der Waals surface area contributed by atoms with Crippen molar-refractivity contribution in [3.05, 3.63) is 28.0 Å². The summed E-state index contributed by atoms with van der Waals surface area (Å²) >= 11 is 11.6. The Balaban J connectivity index is 2.84. The van der Waals surface area contributed by atoms with Gasteiger partial charge in [0.1, 0.15) is 10.3 Å². The van der Waals surface area contributed by atoms with Crippen LogP contribution in [0.2, 0.25) is 10.3 Å². The van der Waals surface area contributed by atoms with E-state index < -0.39 is 0 Å². The molecule has 0 saturated heterocycles. The molecule has 0 fully saturated rings. The van der Waals surface area contributed by atoms with Crippen LogP contribution in [0.4, 0.5) is 0 Å². The maximum atomic E-state index is 5.98. The smallest absolute Gasteiger partial charge is 0.135 e. The van der Waals surface area contributed by atoms with Gasteiger partial charge < -0.3 is 5.73 Å². The predicted molar refractivity (Wildman–Crippen MR) is 60.6 cm³/mol. The number of halogens is 2. The van der Waals surface area contributed by atoms with E-state index in [1.807, 2.05) is 6.07 Å². The molecule has 0 unspecified atom stereocenters. The Labute approximate surface area is 94.4 Å². The summed E-state index contributed by atoms with van der Waals surface area (Å²) in [6, 6.07) is 3.49. The highest BCUT2D eigenvalue weighted by Crippen LogP contribution is 2.25. The van der Waals surface area contributed by atoms with Crippen LogP contribution in [0.1, 0.15) is 31.9 Å². The van der Waals surface area contributed by atoms with Crippen LogP contribution < -0.4 is 5.73 Å². The summed E-state index contributed by atoms with van der Waals surface area (Å²) in [6.45, 7) is 4.24. The molecule has 0 aliphatic heterocycles. The fourth-order valence-electron chi connectivity index (χ4n) is 1.33. The van der Waals surface area contributed by atoms with E-state index >= 15 is 0 Å². The van der Waals surface area contributed by atoms with E-state index in [1.165, 1.54) is 0 Å². The molecule has 0 saturated carbocycles. The second-order valence-electron chi connectivity index (χ2n) is 3.75. The Bertz CT molecular complexity index is 313. The fourth-order valence-corrected chi connectivity index (χ4v) is 1.82. The van der Waals surface area contributed by atoms with E-state index in [-0.39, 0.29) is 6.04 Å². The molecule has 1 heterocycles. The Morgan fingerprint density at radius 2 is 2.00 bits per heavy atom. The molecule has 0 amide bonds. The molecule has 0 bridgehead atoms. The van der Waals surface area contributed by atoms with Gasteiger partial charge in [-0.25, -0.2) is 4.98 Å². The zero-order valence-corrected chi connectivity index (χ0v) is 9.81. The summed E-state index contributed by atoms with van der Waals surface area (Å²) in [4.78, 5) is 3.95. The minimum Gasteiger partial charge on any atom is -0.324 e. The average Bonchev–Trinajstić information content (AvgIpc) is 2.01. The highest BCUT2D eigenvalue weighted by Gasteiger charge is 2.12. The van der Waals surface area contributed by atoms with Gasteiger partial charge in [-0.1, -0.05) is 43.1 Å². The van der Waals surface area contributed by atoms with Crippen molar-refractivity contribution in [1.82, 2.24) is 4.98 Å². The molecule has 0 aromatic carbocycles. The van der Waals surface area contributed by atoms with Crippen molar-refractivity contribution in [2.45, 2.75) is 26.3 Å². The molecule has 4 heteroatoms. The van der Waals surface area contributed by atoms with E-state index in [1.54, 1.807) is 6.07 Å². The molecule has 0 aliphatic rings. The number of hydrogen-bond acceptors (Lipinski definition) is 2. The standard InChI is InChI=1S/C10H14Cl2N2/c1-6(2)5-8(13)7-3-4-9(11)14-10(7)12/h3-4,6,8H,5,13H2,1-2H3/t8-/m1/s1. The molecule has 1 rings (SSSR count). The maximum Gasteiger partial charge on any atom is 0.135 e. The molecule has 14 heavy (non-hydrogen) atoms. The first-order chi connectivity index (χ1) is 6.50.